The van der Waals surface area contributed by atoms with E-state index in [1.807, 2.05) is 84.9 Å². The van der Waals surface area contributed by atoms with Gasteiger partial charge in [-0.15, -0.1) is 0 Å². The summed E-state index contributed by atoms with van der Waals surface area (Å²) < 4.78 is 138. The lowest BCUT2D eigenvalue weighted by atomic mass is 9.93. The van der Waals surface area contributed by atoms with E-state index < -0.39 is 58.9 Å². The third kappa shape index (κ3) is 9.12. The molecule has 0 saturated carbocycles. The van der Waals surface area contributed by atoms with Gasteiger partial charge in [-0.2, -0.15) is 0 Å². The van der Waals surface area contributed by atoms with Crippen molar-refractivity contribution in [2.24, 2.45) is 0 Å². The minimum Gasteiger partial charge on any atom is -0.456 e. The smallest absolute Gasteiger partial charge is 0.219 e. The van der Waals surface area contributed by atoms with Crippen LogP contribution in [0.5, 0.6) is 0 Å². The Kier molecular flexibility index (Phi) is 12.8. The lowest BCUT2D eigenvalue weighted by molar-refractivity contribution is -0.400. The fourth-order valence-electron chi connectivity index (χ4n) is 9.00. The number of aromatic nitrogens is 4. The molecule has 11 rings (SSSR count). The van der Waals surface area contributed by atoms with Crippen molar-refractivity contribution in [2.75, 3.05) is 5.32 Å². The normalized spacial score (nSPS) is 12.1. The van der Waals surface area contributed by atoms with E-state index in [1.165, 1.54) is 18.2 Å². The van der Waals surface area contributed by atoms with Crippen molar-refractivity contribution < 1.29 is 48.2 Å². The Morgan fingerprint density at radius 2 is 0.934 bits per heavy atom. The minimum absolute atomic E-state index is 0.155. The van der Waals surface area contributed by atoms with Crippen molar-refractivity contribution in [1.29, 1.82) is 0 Å². The van der Waals surface area contributed by atoms with Crippen LogP contribution in [0, 0.1) is 29.1 Å². The molecular formula is C57H34F5N7O5S2. The van der Waals surface area contributed by atoms with Crippen molar-refractivity contribution >= 4 is 48.1 Å². The summed E-state index contributed by atoms with van der Waals surface area (Å²) in [6, 6.07) is 41.9. The molecule has 0 radical (unpaired) electrons. The maximum absolute atomic E-state index is 15.0. The van der Waals surface area contributed by atoms with Crippen LogP contribution in [0.1, 0.15) is 0 Å². The monoisotopic (exact) mass is 1060 g/mol. The highest BCUT2D eigenvalue weighted by Crippen LogP contribution is 2.46. The van der Waals surface area contributed by atoms with E-state index in [0.717, 1.165) is 50.6 Å². The minimum atomic E-state index is -6.15. The van der Waals surface area contributed by atoms with Crippen LogP contribution in [0.3, 0.4) is 0 Å². The topological polar surface area (TPSA) is 173 Å². The Labute approximate surface area is 430 Å². The van der Waals surface area contributed by atoms with Gasteiger partial charge in [0.1, 0.15) is 36.3 Å². The summed E-state index contributed by atoms with van der Waals surface area (Å²) in [6.45, 7) is 0. The van der Waals surface area contributed by atoms with E-state index >= 15 is 0 Å². The Bertz CT molecular complexity index is 4190. The first-order valence-electron chi connectivity index (χ1n) is 22.9. The van der Waals surface area contributed by atoms with Crippen molar-refractivity contribution in [3.8, 4) is 67.0 Å². The molecule has 0 fully saturated rings. The highest BCUT2D eigenvalue weighted by Gasteiger charge is 2.32. The molecule has 0 atom stereocenters. The molecule has 12 nitrogen and oxygen atoms in total. The zero-order valence-corrected chi connectivity index (χ0v) is 40.6. The van der Waals surface area contributed by atoms with Gasteiger partial charge in [0.05, 0.1) is 27.8 Å². The molecular weight excluding hydrogens is 1020 g/mol. The van der Waals surface area contributed by atoms with Gasteiger partial charge in [-0.3, -0.25) is 19.9 Å². The molecule has 1 aliphatic carbocycles. The van der Waals surface area contributed by atoms with Crippen LogP contribution < -0.4 is 15.7 Å². The molecule has 0 saturated heterocycles. The number of hydrogen-bond acceptors (Lipinski definition) is 10. The van der Waals surface area contributed by atoms with E-state index in [2.05, 4.69) is 34.4 Å². The van der Waals surface area contributed by atoms with Crippen LogP contribution >= 0.6 is 0 Å². The number of nitrogens with one attached hydrogen (secondary N) is 2. The van der Waals surface area contributed by atoms with E-state index in [0.29, 0.717) is 33.4 Å². The molecule has 1 aliphatic heterocycles. The van der Waals surface area contributed by atoms with Gasteiger partial charge in [0.2, 0.25) is 16.9 Å². The zero-order valence-electron chi connectivity index (χ0n) is 39.0. The van der Waals surface area contributed by atoms with E-state index in [4.69, 9.17) is 4.42 Å². The maximum atomic E-state index is 15.0. The van der Waals surface area contributed by atoms with Crippen LogP contribution in [0.4, 0.5) is 39.0 Å². The first-order chi connectivity index (χ1) is 36.8. The molecule has 0 amide bonds. The van der Waals surface area contributed by atoms with E-state index in [9.17, 15) is 38.8 Å². The first-order valence-corrected chi connectivity index (χ1v) is 25.8. The van der Waals surface area contributed by atoms with E-state index in [1.54, 1.807) is 86.0 Å². The SMILES string of the molecule is O=S(=O)([N-]S(=O)(=O)c1c(F)c(F)c(F)c(F)c1F)c1ccccc1-c1c2ccc(=[NH+]c3c(-c4ccncc4)cccc3-c3ccncc3)cc-2oc2cc(Nc3c(-c4ccncc4)cccc3-c3ccncc3)ccc12. The summed E-state index contributed by atoms with van der Waals surface area (Å²) in [5.74, 6) is -13.2. The van der Waals surface area contributed by atoms with Crippen LogP contribution in [-0.2, 0) is 20.0 Å². The molecule has 2 N–H and O–H groups in total. The summed E-state index contributed by atoms with van der Waals surface area (Å²) in [7, 11) is -11.7. The number of hydrogen-bond donors (Lipinski definition) is 2. The molecule has 0 bridgehead atoms. The summed E-state index contributed by atoms with van der Waals surface area (Å²) in [5, 5.41) is 4.41. The zero-order chi connectivity index (χ0) is 52.7. The number of fused-ring (bicyclic) bond motifs is 2. The lowest BCUT2D eigenvalue weighted by Gasteiger charge is -2.24. The summed E-state index contributed by atoms with van der Waals surface area (Å²) in [4.78, 5) is 17.2. The third-order valence-electron chi connectivity index (χ3n) is 12.4. The average molecular weight is 1060 g/mol. The van der Waals surface area contributed by atoms with Gasteiger partial charge >= 0.3 is 0 Å². The molecule has 19 heteroatoms. The van der Waals surface area contributed by atoms with E-state index in [-0.39, 0.29) is 22.5 Å². The Morgan fingerprint density at radius 3 is 1.47 bits per heavy atom. The quantitative estimate of drug-likeness (QED) is 0.0519. The van der Waals surface area contributed by atoms with Crippen LogP contribution in [0.25, 0.3) is 82.1 Å². The second kappa shape index (κ2) is 19.9. The predicted octanol–water partition coefficient (Wildman–Crippen LogP) is 11.7. The summed E-state index contributed by atoms with van der Waals surface area (Å²) in [5.41, 5.74) is 9.19. The highest BCUT2D eigenvalue weighted by atomic mass is 32.3. The van der Waals surface area contributed by atoms with Gasteiger partial charge in [0.15, 0.2) is 23.3 Å². The standard InChI is InChI=1S/C57H33F5N7O5S2/c58-50-51(59)53(61)57(54(62)52(50)60)76(72,73)69-75(70,71)48-10-2-1-5-45(48)49-43-13-11-37(67-55-39(33-15-23-63-24-16-33)6-3-7-40(55)34-17-25-64-26-18-34)31-46(43)74-47-32-38(12-14-44(47)49)68-56-41(35-19-27-65-28-20-35)8-4-9-42(56)36-21-29-66-30-22-36/h1-32,67H/q-1/p+1. The number of anilines is 2. The fraction of sp³-hybridized carbons (Fsp3) is 0. The maximum Gasteiger partial charge on any atom is 0.219 e. The van der Waals surface area contributed by atoms with Gasteiger partial charge in [-0.1, -0.05) is 42.5 Å². The Hall–Kier alpha value is -9.30. The lowest BCUT2D eigenvalue weighted by Crippen LogP contribution is -2.70. The molecule has 0 spiro atoms. The number of para-hydroxylation sites is 2. The molecule has 4 aromatic heterocycles. The molecule has 5 aromatic carbocycles. The predicted molar refractivity (Wildman–Crippen MR) is 275 cm³/mol. The van der Waals surface area contributed by atoms with Gasteiger partial charge in [0, 0.05) is 101 Å². The number of rotatable bonds is 12. The number of pyridine rings is 4. The molecule has 0 unspecified atom stereocenters. The number of nitrogens with zero attached hydrogens (tertiary/aromatic N) is 5. The van der Waals surface area contributed by atoms with Gasteiger partial charge in [-0.25, -0.2) is 43.8 Å². The highest BCUT2D eigenvalue weighted by molar-refractivity contribution is 8.12. The van der Waals surface area contributed by atoms with Crippen molar-refractivity contribution in [2.45, 2.75) is 9.79 Å². The molecule has 9 aromatic rings. The molecule has 2 aliphatic rings. The fourth-order valence-corrected chi connectivity index (χ4v) is 12.0. The molecule has 374 valence electrons. The largest absolute Gasteiger partial charge is 0.456 e. The number of halogens is 5. The Morgan fingerprint density at radius 1 is 0.461 bits per heavy atom. The van der Waals surface area contributed by atoms with Gasteiger partial charge in [0.25, 0.3) is 0 Å². The van der Waals surface area contributed by atoms with Gasteiger partial charge in [-0.05, 0) is 107 Å². The average Bonchev–Trinajstić information content (AvgIpc) is 3.48. The van der Waals surface area contributed by atoms with Crippen molar-refractivity contribution in [3.63, 3.8) is 0 Å². The number of benzene rings is 6. The second-order valence-electron chi connectivity index (χ2n) is 17.0. The Balaban J connectivity index is 1.13. The third-order valence-corrected chi connectivity index (χ3v) is 15.8. The summed E-state index contributed by atoms with van der Waals surface area (Å²) >= 11 is 0. The second-order valence-corrected chi connectivity index (χ2v) is 20.3. The van der Waals surface area contributed by atoms with Gasteiger partial charge < -0.3 is 13.9 Å². The number of sulfonamides is 2. The first kappa shape index (κ1) is 48.9. The van der Waals surface area contributed by atoms with Crippen LogP contribution in [-0.4, -0.2) is 36.8 Å². The van der Waals surface area contributed by atoms with Crippen molar-refractivity contribution in [1.82, 2.24) is 19.9 Å². The summed E-state index contributed by atoms with van der Waals surface area (Å²) in [6.07, 6.45) is 13.4. The van der Waals surface area contributed by atoms with Crippen LogP contribution in [0.2, 0.25) is 0 Å². The molecule has 76 heavy (non-hydrogen) atoms. The van der Waals surface area contributed by atoms with Crippen LogP contribution in [0.15, 0.2) is 209 Å². The van der Waals surface area contributed by atoms with Crippen molar-refractivity contribution in [3.05, 3.63) is 234 Å². The molecule has 5 heterocycles.